The van der Waals surface area contributed by atoms with E-state index in [1.807, 2.05) is 0 Å². The number of aromatic nitrogens is 1. The maximum absolute atomic E-state index is 12.5. The molecule has 0 radical (unpaired) electrons. The van der Waals surface area contributed by atoms with E-state index in [0.29, 0.717) is 5.69 Å². The number of carbonyl (C=O) groups is 2. The lowest BCUT2D eigenvalue weighted by molar-refractivity contribution is -0.138. The molecule has 0 aliphatic heterocycles. The third-order valence-electron chi connectivity index (χ3n) is 3.05. The van der Waals surface area contributed by atoms with E-state index >= 15 is 0 Å². The van der Waals surface area contributed by atoms with E-state index in [1.165, 1.54) is 6.08 Å². The summed E-state index contributed by atoms with van der Waals surface area (Å²) in [6.45, 7) is 0. The van der Waals surface area contributed by atoms with Crippen LogP contribution in [0.25, 0.3) is 6.08 Å². The van der Waals surface area contributed by atoms with Crippen molar-refractivity contribution in [3.63, 3.8) is 0 Å². The highest BCUT2D eigenvalue weighted by Gasteiger charge is 2.30. The first-order chi connectivity index (χ1) is 11.3. The highest BCUT2D eigenvalue weighted by molar-refractivity contribution is 6.03. The zero-order chi connectivity index (χ0) is 17.7. The lowest BCUT2D eigenvalue weighted by Gasteiger charge is -2.10. The lowest BCUT2D eigenvalue weighted by Crippen LogP contribution is -2.28. The van der Waals surface area contributed by atoms with Gasteiger partial charge in [0.05, 0.1) is 12.7 Å². The molecule has 0 fully saturated rings. The van der Waals surface area contributed by atoms with E-state index in [-0.39, 0.29) is 11.3 Å². The molecule has 0 atom stereocenters. The molecule has 1 amide bonds. The number of H-pyrrole nitrogens is 1. The van der Waals surface area contributed by atoms with Crippen LogP contribution in [-0.2, 0) is 15.7 Å². The normalized spacial score (nSPS) is 11.9. The average Bonchev–Trinajstić information content (AvgIpc) is 3.05. The van der Waals surface area contributed by atoms with Crippen LogP contribution < -0.4 is 5.32 Å². The summed E-state index contributed by atoms with van der Waals surface area (Å²) in [7, 11) is 1.15. The van der Waals surface area contributed by atoms with Crippen molar-refractivity contribution < 1.29 is 27.5 Å². The SMILES string of the molecule is COC(=O)/C(=C\c1ccc[nH]1)NC(=O)c1ccc(C(F)(F)F)cc1. The molecule has 126 valence electrons. The molecule has 1 heterocycles. The zero-order valence-corrected chi connectivity index (χ0v) is 12.5. The molecular formula is C16H13F3N2O3. The van der Waals surface area contributed by atoms with Crippen molar-refractivity contribution in [2.45, 2.75) is 6.18 Å². The van der Waals surface area contributed by atoms with Crippen LogP contribution in [0.2, 0.25) is 0 Å². The smallest absolute Gasteiger partial charge is 0.416 e. The standard InChI is InChI=1S/C16H13F3N2O3/c1-24-15(23)13(9-12-3-2-8-20-12)21-14(22)10-4-6-11(7-5-10)16(17,18)19/h2-9,20H,1H3,(H,21,22)/b13-9+. The Hall–Kier alpha value is -3.03. The van der Waals surface area contributed by atoms with Crippen molar-refractivity contribution in [3.8, 4) is 0 Å². The summed E-state index contributed by atoms with van der Waals surface area (Å²) in [5.74, 6) is -1.52. The number of hydrogen-bond donors (Lipinski definition) is 2. The van der Waals surface area contributed by atoms with Crippen LogP contribution in [0.1, 0.15) is 21.6 Å². The summed E-state index contributed by atoms with van der Waals surface area (Å²) in [5.41, 5.74) is -0.494. The average molecular weight is 338 g/mol. The first-order valence-corrected chi connectivity index (χ1v) is 6.73. The predicted molar refractivity (Wildman–Crippen MR) is 79.7 cm³/mol. The lowest BCUT2D eigenvalue weighted by atomic mass is 10.1. The Morgan fingerprint density at radius 3 is 2.33 bits per heavy atom. The molecule has 0 saturated heterocycles. The molecule has 0 bridgehead atoms. The molecule has 24 heavy (non-hydrogen) atoms. The van der Waals surface area contributed by atoms with Gasteiger partial charge in [0.2, 0.25) is 0 Å². The maximum atomic E-state index is 12.5. The summed E-state index contributed by atoms with van der Waals surface area (Å²) >= 11 is 0. The Balaban J connectivity index is 2.20. The van der Waals surface area contributed by atoms with Gasteiger partial charge in [-0.15, -0.1) is 0 Å². The minimum atomic E-state index is -4.49. The van der Waals surface area contributed by atoms with E-state index in [1.54, 1.807) is 18.3 Å². The van der Waals surface area contributed by atoms with E-state index in [4.69, 9.17) is 0 Å². The van der Waals surface area contributed by atoms with Crippen LogP contribution in [0.15, 0.2) is 48.3 Å². The predicted octanol–water partition coefficient (Wildman–Crippen LogP) is 2.98. The minimum absolute atomic E-state index is 0.0238. The number of ether oxygens (including phenoxy) is 1. The molecular weight excluding hydrogens is 325 g/mol. The summed E-state index contributed by atoms with van der Waals surface area (Å²) < 4.78 is 42.1. The molecule has 5 nitrogen and oxygen atoms in total. The molecule has 1 aromatic heterocycles. The number of methoxy groups -OCH3 is 1. The van der Waals surface area contributed by atoms with Crippen molar-refractivity contribution in [3.05, 3.63) is 65.1 Å². The Bertz CT molecular complexity index is 748. The van der Waals surface area contributed by atoms with E-state index in [9.17, 15) is 22.8 Å². The second-order valence-electron chi connectivity index (χ2n) is 4.70. The first-order valence-electron chi connectivity index (χ1n) is 6.73. The largest absolute Gasteiger partial charge is 0.464 e. The Kier molecular flexibility index (Phi) is 5.08. The number of carbonyl (C=O) groups excluding carboxylic acids is 2. The third-order valence-corrected chi connectivity index (χ3v) is 3.05. The van der Waals surface area contributed by atoms with Gasteiger partial charge in [0.1, 0.15) is 5.70 Å². The number of nitrogens with one attached hydrogen (secondary N) is 2. The van der Waals surface area contributed by atoms with Gasteiger partial charge in [-0.1, -0.05) is 0 Å². The molecule has 1 aromatic carbocycles. The highest BCUT2D eigenvalue weighted by Crippen LogP contribution is 2.29. The maximum Gasteiger partial charge on any atom is 0.416 e. The van der Waals surface area contributed by atoms with Crippen LogP contribution >= 0.6 is 0 Å². The fraction of sp³-hybridized carbons (Fsp3) is 0.125. The van der Waals surface area contributed by atoms with Crippen LogP contribution in [0.4, 0.5) is 13.2 Å². The van der Waals surface area contributed by atoms with Crippen molar-refractivity contribution in [1.29, 1.82) is 0 Å². The summed E-state index contributed by atoms with van der Waals surface area (Å²) in [6.07, 6.45) is -1.51. The van der Waals surface area contributed by atoms with Gasteiger partial charge in [-0.25, -0.2) is 4.79 Å². The second kappa shape index (κ2) is 7.03. The molecule has 0 aliphatic carbocycles. The molecule has 2 N–H and O–H groups in total. The number of esters is 1. The van der Waals surface area contributed by atoms with E-state index in [0.717, 1.165) is 31.4 Å². The van der Waals surface area contributed by atoms with Crippen LogP contribution in [0.3, 0.4) is 0 Å². The highest BCUT2D eigenvalue weighted by atomic mass is 19.4. The van der Waals surface area contributed by atoms with Crippen molar-refractivity contribution >= 4 is 18.0 Å². The van der Waals surface area contributed by atoms with Gasteiger partial charge in [-0.2, -0.15) is 13.2 Å². The topological polar surface area (TPSA) is 71.2 Å². The minimum Gasteiger partial charge on any atom is -0.464 e. The quantitative estimate of drug-likeness (QED) is 0.665. The monoisotopic (exact) mass is 338 g/mol. The third kappa shape index (κ3) is 4.25. The van der Waals surface area contributed by atoms with E-state index < -0.39 is 23.6 Å². The Morgan fingerprint density at radius 1 is 1.17 bits per heavy atom. The van der Waals surface area contributed by atoms with Gasteiger partial charge >= 0.3 is 12.1 Å². The molecule has 2 rings (SSSR count). The number of amides is 1. The summed E-state index contributed by atoms with van der Waals surface area (Å²) in [4.78, 5) is 26.7. The van der Waals surface area contributed by atoms with Crippen molar-refractivity contribution in [1.82, 2.24) is 10.3 Å². The Labute approximate surface area is 135 Å². The number of rotatable bonds is 4. The van der Waals surface area contributed by atoms with Crippen LogP contribution in [0.5, 0.6) is 0 Å². The summed E-state index contributed by atoms with van der Waals surface area (Å²) in [5, 5.41) is 2.33. The molecule has 0 aliphatic rings. The summed E-state index contributed by atoms with van der Waals surface area (Å²) in [6, 6.07) is 7.00. The number of aromatic amines is 1. The number of benzene rings is 1. The Morgan fingerprint density at radius 2 is 1.83 bits per heavy atom. The number of hydrogen-bond acceptors (Lipinski definition) is 3. The fourth-order valence-corrected chi connectivity index (χ4v) is 1.85. The van der Waals surface area contributed by atoms with E-state index in [2.05, 4.69) is 15.0 Å². The molecule has 2 aromatic rings. The first kappa shape index (κ1) is 17.3. The van der Waals surface area contributed by atoms with Crippen molar-refractivity contribution in [2.75, 3.05) is 7.11 Å². The van der Waals surface area contributed by atoms with Gasteiger partial charge in [0, 0.05) is 17.5 Å². The number of halogens is 3. The molecule has 0 saturated carbocycles. The van der Waals surface area contributed by atoms with Crippen LogP contribution in [-0.4, -0.2) is 24.0 Å². The van der Waals surface area contributed by atoms with Gasteiger partial charge in [0.25, 0.3) is 5.91 Å². The fourth-order valence-electron chi connectivity index (χ4n) is 1.85. The molecule has 0 unspecified atom stereocenters. The van der Waals surface area contributed by atoms with Gasteiger partial charge in [-0.05, 0) is 42.5 Å². The van der Waals surface area contributed by atoms with Gasteiger partial charge in [-0.3, -0.25) is 4.79 Å². The zero-order valence-electron chi connectivity index (χ0n) is 12.5. The van der Waals surface area contributed by atoms with Crippen molar-refractivity contribution in [2.24, 2.45) is 0 Å². The molecule has 8 heteroatoms. The van der Waals surface area contributed by atoms with Gasteiger partial charge in [0.15, 0.2) is 0 Å². The van der Waals surface area contributed by atoms with Gasteiger partial charge < -0.3 is 15.0 Å². The molecule has 0 spiro atoms. The second-order valence-corrected chi connectivity index (χ2v) is 4.70. The van der Waals surface area contributed by atoms with Crippen LogP contribution in [0, 0.1) is 0 Å². The number of alkyl halides is 3.